The molecule has 0 bridgehead atoms. The minimum atomic E-state index is -0.442. The van der Waals surface area contributed by atoms with Crippen LogP contribution in [0.15, 0.2) is 12.1 Å². The molecule has 6 heteroatoms. The van der Waals surface area contributed by atoms with E-state index in [0.29, 0.717) is 16.6 Å². The summed E-state index contributed by atoms with van der Waals surface area (Å²) in [7, 11) is 0. The van der Waals surface area contributed by atoms with Crippen LogP contribution in [-0.4, -0.2) is 11.0 Å². The molecule has 2 rings (SSSR count). The summed E-state index contributed by atoms with van der Waals surface area (Å²) in [5.74, 6) is 0.657. The third-order valence-electron chi connectivity index (χ3n) is 3.29. The first-order valence-corrected chi connectivity index (χ1v) is 6.63. The molecule has 0 radical (unpaired) electrons. The molecule has 0 heterocycles. The Balaban J connectivity index is 2.25. The molecule has 0 amide bonds. The van der Waals surface area contributed by atoms with Gasteiger partial charge < -0.3 is 5.32 Å². The number of nitro groups is 1. The van der Waals surface area contributed by atoms with Gasteiger partial charge in [-0.05, 0) is 31.2 Å². The number of hydrogen-bond acceptors (Lipinski definition) is 3. The van der Waals surface area contributed by atoms with Crippen molar-refractivity contribution in [2.45, 2.75) is 32.2 Å². The molecule has 1 saturated carbocycles. The van der Waals surface area contributed by atoms with E-state index >= 15 is 0 Å². The van der Waals surface area contributed by atoms with Gasteiger partial charge in [0.25, 0.3) is 5.69 Å². The first-order valence-electron chi connectivity index (χ1n) is 5.87. The van der Waals surface area contributed by atoms with Gasteiger partial charge in [0.05, 0.1) is 15.0 Å². The molecule has 0 aliphatic heterocycles. The van der Waals surface area contributed by atoms with Crippen molar-refractivity contribution in [2.75, 3.05) is 5.32 Å². The Labute approximate surface area is 115 Å². The predicted octanol–water partition coefficient (Wildman–Crippen LogP) is 4.50. The SMILES string of the molecule is CC1CCC(Nc2cc(Cl)c(Cl)cc2[N+](=O)[O-])C1. The minimum absolute atomic E-state index is 0.0241. The molecular weight excluding hydrogens is 275 g/mol. The molecule has 1 aliphatic carbocycles. The van der Waals surface area contributed by atoms with Gasteiger partial charge in [-0.25, -0.2) is 0 Å². The molecule has 0 spiro atoms. The monoisotopic (exact) mass is 288 g/mol. The van der Waals surface area contributed by atoms with Crippen LogP contribution in [0, 0.1) is 16.0 Å². The predicted molar refractivity (Wildman–Crippen MR) is 73.5 cm³/mol. The van der Waals surface area contributed by atoms with Gasteiger partial charge in [-0.3, -0.25) is 10.1 Å². The van der Waals surface area contributed by atoms with Crippen LogP contribution in [0.25, 0.3) is 0 Å². The number of nitro benzene ring substituents is 1. The molecule has 0 saturated heterocycles. The smallest absolute Gasteiger partial charge is 0.293 e. The molecule has 1 N–H and O–H groups in total. The average molecular weight is 289 g/mol. The quantitative estimate of drug-likeness (QED) is 0.658. The molecule has 4 nitrogen and oxygen atoms in total. The van der Waals surface area contributed by atoms with Crippen molar-refractivity contribution < 1.29 is 4.92 Å². The van der Waals surface area contributed by atoms with E-state index in [0.717, 1.165) is 19.3 Å². The van der Waals surface area contributed by atoms with Crippen LogP contribution in [0.4, 0.5) is 11.4 Å². The average Bonchev–Trinajstić information content (AvgIpc) is 2.68. The highest BCUT2D eigenvalue weighted by molar-refractivity contribution is 6.42. The Bertz CT molecular complexity index is 479. The summed E-state index contributed by atoms with van der Waals surface area (Å²) in [5.41, 5.74) is 0.428. The summed E-state index contributed by atoms with van der Waals surface area (Å²) in [5, 5.41) is 14.7. The molecule has 98 valence electrons. The van der Waals surface area contributed by atoms with E-state index in [4.69, 9.17) is 23.2 Å². The topological polar surface area (TPSA) is 55.2 Å². The standard InChI is InChI=1S/C12H14Cl2N2O2/c1-7-2-3-8(4-7)15-11-5-9(13)10(14)6-12(11)16(17)18/h5-8,15H,2-4H2,1H3. The normalized spacial score (nSPS) is 23.1. The first kappa shape index (κ1) is 13.4. The molecule has 1 aromatic rings. The molecule has 1 fully saturated rings. The highest BCUT2D eigenvalue weighted by atomic mass is 35.5. The van der Waals surface area contributed by atoms with E-state index in [1.165, 1.54) is 12.1 Å². The van der Waals surface area contributed by atoms with Gasteiger partial charge in [-0.1, -0.05) is 30.1 Å². The van der Waals surface area contributed by atoms with E-state index in [2.05, 4.69) is 12.2 Å². The lowest BCUT2D eigenvalue weighted by atomic mass is 10.1. The summed E-state index contributed by atoms with van der Waals surface area (Å²) in [6, 6.07) is 3.10. The number of anilines is 1. The van der Waals surface area contributed by atoms with Crippen molar-refractivity contribution >= 4 is 34.6 Å². The maximum absolute atomic E-state index is 11.0. The molecule has 18 heavy (non-hydrogen) atoms. The molecule has 2 atom stereocenters. The van der Waals surface area contributed by atoms with Gasteiger partial charge in [0, 0.05) is 12.1 Å². The van der Waals surface area contributed by atoms with Crippen LogP contribution in [0.5, 0.6) is 0 Å². The minimum Gasteiger partial charge on any atom is -0.377 e. The fourth-order valence-corrected chi connectivity index (χ4v) is 2.68. The number of benzene rings is 1. The lowest BCUT2D eigenvalue weighted by molar-refractivity contribution is -0.384. The van der Waals surface area contributed by atoms with Gasteiger partial charge in [0.15, 0.2) is 0 Å². The van der Waals surface area contributed by atoms with Gasteiger partial charge in [-0.2, -0.15) is 0 Å². The lowest BCUT2D eigenvalue weighted by Crippen LogP contribution is -2.16. The summed E-state index contributed by atoms with van der Waals surface area (Å²) in [6.45, 7) is 2.19. The van der Waals surface area contributed by atoms with E-state index in [9.17, 15) is 10.1 Å². The Morgan fingerprint density at radius 1 is 1.33 bits per heavy atom. The zero-order chi connectivity index (χ0) is 13.3. The largest absolute Gasteiger partial charge is 0.377 e. The van der Waals surface area contributed by atoms with Gasteiger partial charge in [-0.15, -0.1) is 0 Å². The Morgan fingerprint density at radius 3 is 2.56 bits per heavy atom. The molecule has 1 aliphatic rings. The maximum Gasteiger partial charge on any atom is 0.293 e. The third-order valence-corrected chi connectivity index (χ3v) is 4.01. The molecule has 2 unspecified atom stereocenters. The number of rotatable bonds is 3. The summed E-state index contributed by atoms with van der Waals surface area (Å²) in [6.07, 6.45) is 3.20. The van der Waals surface area contributed by atoms with Crippen LogP contribution in [-0.2, 0) is 0 Å². The van der Waals surface area contributed by atoms with Gasteiger partial charge in [0.1, 0.15) is 5.69 Å². The second kappa shape index (κ2) is 5.33. The Morgan fingerprint density at radius 2 is 2.00 bits per heavy atom. The highest BCUT2D eigenvalue weighted by Crippen LogP contribution is 2.36. The van der Waals surface area contributed by atoms with E-state index in [1.807, 2.05) is 0 Å². The second-order valence-electron chi connectivity index (χ2n) is 4.80. The van der Waals surface area contributed by atoms with Crippen LogP contribution in [0.1, 0.15) is 26.2 Å². The summed E-state index contributed by atoms with van der Waals surface area (Å²) >= 11 is 11.7. The van der Waals surface area contributed by atoms with Crippen molar-refractivity contribution in [1.82, 2.24) is 0 Å². The van der Waals surface area contributed by atoms with Crippen LogP contribution in [0.2, 0.25) is 10.0 Å². The van der Waals surface area contributed by atoms with E-state index in [-0.39, 0.29) is 16.8 Å². The first-order chi connectivity index (χ1) is 8.47. The number of halogens is 2. The highest BCUT2D eigenvalue weighted by Gasteiger charge is 2.24. The van der Waals surface area contributed by atoms with E-state index in [1.54, 1.807) is 0 Å². The van der Waals surface area contributed by atoms with Crippen LogP contribution in [0.3, 0.4) is 0 Å². The van der Waals surface area contributed by atoms with Crippen molar-refractivity contribution in [1.29, 1.82) is 0 Å². The molecule has 0 aromatic heterocycles. The fraction of sp³-hybridized carbons (Fsp3) is 0.500. The molecule has 1 aromatic carbocycles. The van der Waals surface area contributed by atoms with Crippen molar-refractivity contribution in [3.63, 3.8) is 0 Å². The number of nitrogens with one attached hydrogen (secondary N) is 1. The van der Waals surface area contributed by atoms with E-state index < -0.39 is 4.92 Å². The third kappa shape index (κ3) is 2.87. The zero-order valence-corrected chi connectivity index (χ0v) is 11.5. The van der Waals surface area contributed by atoms with Gasteiger partial charge in [0.2, 0.25) is 0 Å². The summed E-state index contributed by atoms with van der Waals surface area (Å²) in [4.78, 5) is 10.5. The zero-order valence-electron chi connectivity index (χ0n) is 9.95. The van der Waals surface area contributed by atoms with Gasteiger partial charge >= 0.3 is 0 Å². The summed E-state index contributed by atoms with van der Waals surface area (Å²) < 4.78 is 0. The van der Waals surface area contributed by atoms with Crippen LogP contribution >= 0.6 is 23.2 Å². The van der Waals surface area contributed by atoms with Crippen molar-refractivity contribution in [2.24, 2.45) is 5.92 Å². The van der Waals surface area contributed by atoms with Crippen molar-refractivity contribution in [3.05, 3.63) is 32.3 Å². The Kier molecular flexibility index (Phi) is 3.97. The van der Waals surface area contributed by atoms with Crippen LogP contribution < -0.4 is 5.32 Å². The fourth-order valence-electron chi connectivity index (χ4n) is 2.36. The molecular formula is C12H14Cl2N2O2. The Hall–Kier alpha value is -1.00. The lowest BCUT2D eigenvalue weighted by Gasteiger charge is -2.14. The second-order valence-corrected chi connectivity index (χ2v) is 5.61. The van der Waals surface area contributed by atoms with Crippen molar-refractivity contribution in [3.8, 4) is 0 Å². The number of hydrogen-bond donors (Lipinski definition) is 1. The maximum atomic E-state index is 11.0. The number of nitrogens with zero attached hydrogens (tertiary/aromatic N) is 1.